The van der Waals surface area contributed by atoms with Gasteiger partial charge in [0.05, 0.1) is 0 Å². The fourth-order valence-corrected chi connectivity index (χ4v) is 0.545. The molecule has 0 aliphatic carbocycles. The van der Waals surface area contributed by atoms with E-state index in [1.165, 1.54) is 0 Å². The number of nitrogens with two attached hydrogens (primary N) is 1. The Labute approximate surface area is 67.5 Å². The molecule has 66 valence electrons. The van der Waals surface area contributed by atoms with E-state index in [0.717, 1.165) is 0 Å². The van der Waals surface area contributed by atoms with E-state index in [-0.39, 0.29) is 6.03 Å². The van der Waals surface area contributed by atoms with Crippen molar-refractivity contribution in [2.75, 3.05) is 19.6 Å². The smallest absolute Gasteiger partial charge is 0.314 e. The lowest BCUT2D eigenvalue weighted by molar-refractivity contribution is 0.240. The Bertz CT molecular complexity index is 114. The zero-order valence-electron chi connectivity index (χ0n) is 7.18. The summed E-state index contributed by atoms with van der Waals surface area (Å²) in [5, 5.41) is 5.32. The van der Waals surface area contributed by atoms with E-state index >= 15 is 0 Å². The van der Waals surface area contributed by atoms with Crippen molar-refractivity contribution in [2.45, 2.75) is 13.8 Å². The second-order valence-corrected chi connectivity index (χ2v) is 2.82. The number of nitrogens with one attached hydrogen (secondary N) is 2. The van der Waals surface area contributed by atoms with Gasteiger partial charge in [0, 0.05) is 19.6 Å². The maximum Gasteiger partial charge on any atom is 0.314 e. The van der Waals surface area contributed by atoms with Crippen LogP contribution in [0.1, 0.15) is 13.8 Å². The molecule has 0 aliphatic rings. The molecule has 0 spiro atoms. The van der Waals surface area contributed by atoms with Gasteiger partial charge in [-0.3, -0.25) is 0 Å². The second-order valence-electron chi connectivity index (χ2n) is 2.82. The number of hydrogen-bond donors (Lipinski definition) is 3. The molecule has 0 radical (unpaired) electrons. The van der Waals surface area contributed by atoms with E-state index < -0.39 is 0 Å². The molecular weight excluding hydrogens is 142 g/mol. The summed E-state index contributed by atoms with van der Waals surface area (Å²) < 4.78 is 0. The van der Waals surface area contributed by atoms with Gasteiger partial charge in [0.25, 0.3) is 0 Å². The Morgan fingerprint density at radius 1 is 1.45 bits per heavy atom. The van der Waals surface area contributed by atoms with Crippen LogP contribution >= 0.6 is 0 Å². The number of carbonyl (C=O) groups excluding carboxylic acids is 1. The van der Waals surface area contributed by atoms with Gasteiger partial charge in [-0.25, -0.2) is 4.79 Å². The van der Waals surface area contributed by atoms with Gasteiger partial charge in [-0.15, -0.1) is 0 Å². The molecule has 0 saturated heterocycles. The summed E-state index contributed by atoms with van der Waals surface area (Å²) in [7, 11) is 0. The van der Waals surface area contributed by atoms with Crippen LogP contribution in [0.4, 0.5) is 4.79 Å². The van der Waals surface area contributed by atoms with Gasteiger partial charge in [-0.05, 0) is 5.92 Å². The van der Waals surface area contributed by atoms with Crippen molar-refractivity contribution >= 4 is 6.03 Å². The third-order valence-electron chi connectivity index (χ3n) is 1.10. The van der Waals surface area contributed by atoms with Gasteiger partial charge < -0.3 is 16.4 Å². The lowest BCUT2D eigenvalue weighted by atomic mass is 10.2. The van der Waals surface area contributed by atoms with Crippen LogP contribution in [0.25, 0.3) is 0 Å². The van der Waals surface area contributed by atoms with Crippen LogP contribution in [0, 0.1) is 5.92 Å². The third kappa shape index (κ3) is 7.12. The van der Waals surface area contributed by atoms with Crippen molar-refractivity contribution in [3.8, 4) is 0 Å². The zero-order chi connectivity index (χ0) is 8.69. The first-order chi connectivity index (χ1) is 5.16. The summed E-state index contributed by atoms with van der Waals surface area (Å²) in [6, 6.07) is -0.135. The molecule has 4 nitrogen and oxygen atoms in total. The van der Waals surface area contributed by atoms with Gasteiger partial charge in [0.1, 0.15) is 0 Å². The molecule has 0 heterocycles. The molecular formula is C7H17N3O. The minimum absolute atomic E-state index is 0.135. The van der Waals surface area contributed by atoms with Crippen molar-refractivity contribution in [1.82, 2.24) is 10.6 Å². The summed E-state index contributed by atoms with van der Waals surface area (Å²) in [4.78, 5) is 10.8. The number of hydrogen-bond acceptors (Lipinski definition) is 2. The number of amides is 2. The molecule has 0 rings (SSSR count). The van der Waals surface area contributed by atoms with Crippen molar-refractivity contribution in [3.05, 3.63) is 0 Å². The third-order valence-corrected chi connectivity index (χ3v) is 1.10. The van der Waals surface area contributed by atoms with Gasteiger partial charge in [-0.2, -0.15) is 0 Å². The van der Waals surface area contributed by atoms with E-state index in [1.54, 1.807) is 0 Å². The lowest BCUT2D eigenvalue weighted by Crippen LogP contribution is -2.39. The molecule has 0 aromatic rings. The van der Waals surface area contributed by atoms with Crippen molar-refractivity contribution in [1.29, 1.82) is 0 Å². The van der Waals surface area contributed by atoms with E-state index in [9.17, 15) is 4.79 Å². The van der Waals surface area contributed by atoms with E-state index in [0.29, 0.717) is 25.6 Å². The number of rotatable bonds is 4. The minimum atomic E-state index is -0.135. The number of urea groups is 1. The minimum Gasteiger partial charge on any atom is -0.338 e. The average Bonchev–Trinajstić information content (AvgIpc) is 1.97. The van der Waals surface area contributed by atoms with Crippen LogP contribution in [0.3, 0.4) is 0 Å². The highest BCUT2D eigenvalue weighted by Crippen LogP contribution is 1.85. The fourth-order valence-electron chi connectivity index (χ4n) is 0.545. The topological polar surface area (TPSA) is 67.2 Å². The lowest BCUT2D eigenvalue weighted by Gasteiger charge is -2.07. The molecule has 4 N–H and O–H groups in total. The molecule has 0 atom stereocenters. The molecule has 0 saturated carbocycles. The van der Waals surface area contributed by atoms with E-state index in [1.807, 2.05) is 13.8 Å². The Morgan fingerprint density at radius 2 is 2.09 bits per heavy atom. The predicted octanol–water partition coefficient (Wildman–Crippen LogP) is -0.0997. The zero-order valence-corrected chi connectivity index (χ0v) is 7.18. The van der Waals surface area contributed by atoms with Crippen molar-refractivity contribution in [2.24, 2.45) is 11.7 Å². The van der Waals surface area contributed by atoms with Crippen LogP contribution in [-0.4, -0.2) is 25.7 Å². The van der Waals surface area contributed by atoms with Gasteiger partial charge >= 0.3 is 6.03 Å². The highest BCUT2D eigenvalue weighted by atomic mass is 16.2. The van der Waals surface area contributed by atoms with Crippen LogP contribution < -0.4 is 16.4 Å². The molecule has 0 aliphatic heterocycles. The van der Waals surface area contributed by atoms with Crippen LogP contribution in [0.15, 0.2) is 0 Å². The maximum atomic E-state index is 10.8. The van der Waals surface area contributed by atoms with Crippen molar-refractivity contribution < 1.29 is 4.79 Å². The normalized spacial score (nSPS) is 9.82. The first-order valence-corrected chi connectivity index (χ1v) is 3.88. The monoisotopic (exact) mass is 159 g/mol. The quantitative estimate of drug-likeness (QED) is 0.536. The highest BCUT2D eigenvalue weighted by molar-refractivity contribution is 5.73. The first-order valence-electron chi connectivity index (χ1n) is 3.88. The Hall–Kier alpha value is -0.770. The van der Waals surface area contributed by atoms with Crippen molar-refractivity contribution in [3.63, 3.8) is 0 Å². The van der Waals surface area contributed by atoms with Crippen LogP contribution in [0.5, 0.6) is 0 Å². The standard InChI is InChI=1S/C7H17N3O/c1-6(2)5-10-7(11)9-4-3-8/h6H,3-5,8H2,1-2H3,(H2,9,10,11). The van der Waals surface area contributed by atoms with E-state index in [4.69, 9.17) is 5.73 Å². The predicted molar refractivity (Wildman–Crippen MR) is 45.3 cm³/mol. The Morgan fingerprint density at radius 3 is 2.55 bits per heavy atom. The molecule has 0 bridgehead atoms. The maximum absolute atomic E-state index is 10.8. The van der Waals surface area contributed by atoms with Gasteiger partial charge in [-0.1, -0.05) is 13.8 Å². The summed E-state index contributed by atoms with van der Waals surface area (Å²) in [6.45, 7) is 5.81. The van der Waals surface area contributed by atoms with Crippen LogP contribution in [0.2, 0.25) is 0 Å². The number of carbonyl (C=O) groups is 1. The molecule has 4 heteroatoms. The SMILES string of the molecule is CC(C)CNC(=O)NCCN. The molecule has 0 unspecified atom stereocenters. The molecule has 11 heavy (non-hydrogen) atoms. The summed E-state index contributed by atoms with van der Waals surface area (Å²) in [5.41, 5.74) is 5.19. The largest absolute Gasteiger partial charge is 0.338 e. The second kappa shape index (κ2) is 5.97. The summed E-state index contributed by atoms with van der Waals surface area (Å²) >= 11 is 0. The first kappa shape index (κ1) is 10.2. The van der Waals surface area contributed by atoms with E-state index in [2.05, 4.69) is 10.6 Å². The highest BCUT2D eigenvalue weighted by Gasteiger charge is 1.98. The van der Waals surface area contributed by atoms with Gasteiger partial charge in [0.15, 0.2) is 0 Å². The molecule has 0 aromatic heterocycles. The average molecular weight is 159 g/mol. The molecule has 0 fully saturated rings. The summed E-state index contributed by atoms with van der Waals surface area (Å²) in [5.74, 6) is 0.485. The van der Waals surface area contributed by atoms with Crippen LogP contribution in [-0.2, 0) is 0 Å². The fraction of sp³-hybridized carbons (Fsp3) is 0.857. The summed E-state index contributed by atoms with van der Waals surface area (Å²) in [6.07, 6.45) is 0. The Balaban J connectivity index is 3.23. The molecule has 0 aromatic carbocycles. The van der Waals surface area contributed by atoms with Gasteiger partial charge in [0.2, 0.25) is 0 Å². The molecule has 2 amide bonds. The Kier molecular flexibility index (Phi) is 5.56.